The van der Waals surface area contributed by atoms with E-state index in [9.17, 15) is 0 Å². The molecule has 2 unspecified atom stereocenters. The highest BCUT2D eigenvalue weighted by Gasteiger charge is 2.47. The van der Waals surface area contributed by atoms with Crippen LogP contribution < -0.4 is 5.32 Å². The Balaban J connectivity index is 1.40. The molecule has 0 radical (unpaired) electrons. The maximum atomic E-state index is 3.82. The zero-order valence-corrected chi connectivity index (χ0v) is 9.69. The highest BCUT2D eigenvalue weighted by Crippen LogP contribution is 2.51. The van der Waals surface area contributed by atoms with Gasteiger partial charge in [0.1, 0.15) is 0 Å². The molecule has 0 bridgehead atoms. The SMILES string of the molecule is C1CCC(CNC2CC[C@@H]3C[C@H]23)SC1. The lowest BCUT2D eigenvalue weighted by Crippen LogP contribution is -2.35. The van der Waals surface area contributed by atoms with Crippen molar-refractivity contribution >= 4 is 11.8 Å². The number of rotatable bonds is 3. The van der Waals surface area contributed by atoms with Gasteiger partial charge in [0.05, 0.1) is 0 Å². The Morgan fingerprint density at radius 3 is 2.79 bits per heavy atom. The second kappa shape index (κ2) is 4.05. The summed E-state index contributed by atoms with van der Waals surface area (Å²) in [5, 5.41) is 4.75. The Morgan fingerprint density at radius 1 is 1.14 bits per heavy atom. The van der Waals surface area contributed by atoms with Gasteiger partial charge in [0.25, 0.3) is 0 Å². The van der Waals surface area contributed by atoms with E-state index in [0.29, 0.717) is 0 Å². The maximum Gasteiger partial charge on any atom is 0.0172 e. The minimum absolute atomic E-state index is 0.905. The van der Waals surface area contributed by atoms with Crippen molar-refractivity contribution in [3.63, 3.8) is 0 Å². The minimum Gasteiger partial charge on any atom is -0.313 e. The van der Waals surface area contributed by atoms with Crippen LogP contribution in [0.3, 0.4) is 0 Å². The smallest absolute Gasteiger partial charge is 0.0172 e. The fourth-order valence-electron chi connectivity index (χ4n) is 3.21. The van der Waals surface area contributed by atoms with Gasteiger partial charge in [0.2, 0.25) is 0 Å². The quantitative estimate of drug-likeness (QED) is 0.770. The van der Waals surface area contributed by atoms with Crippen molar-refractivity contribution in [1.29, 1.82) is 0 Å². The second-order valence-electron chi connectivity index (χ2n) is 5.24. The van der Waals surface area contributed by atoms with Gasteiger partial charge in [-0.3, -0.25) is 0 Å². The molecule has 2 heteroatoms. The molecule has 4 atom stereocenters. The summed E-state index contributed by atoms with van der Waals surface area (Å²) in [6.45, 7) is 1.29. The van der Waals surface area contributed by atoms with E-state index in [-0.39, 0.29) is 0 Å². The van der Waals surface area contributed by atoms with E-state index >= 15 is 0 Å². The normalized spacial score (nSPS) is 46.3. The molecule has 14 heavy (non-hydrogen) atoms. The number of nitrogens with one attached hydrogen (secondary N) is 1. The summed E-state index contributed by atoms with van der Waals surface area (Å²) in [6, 6.07) is 0.905. The van der Waals surface area contributed by atoms with Crippen molar-refractivity contribution in [2.45, 2.75) is 49.8 Å². The molecule has 1 N–H and O–H groups in total. The van der Waals surface area contributed by atoms with Gasteiger partial charge >= 0.3 is 0 Å². The highest BCUT2D eigenvalue weighted by atomic mass is 32.2. The summed E-state index contributed by atoms with van der Waals surface area (Å²) >= 11 is 2.20. The molecule has 0 aromatic heterocycles. The molecule has 2 saturated carbocycles. The molecule has 1 heterocycles. The van der Waals surface area contributed by atoms with Crippen LogP contribution in [0.2, 0.25) is 0 Å². The standard InChI is InChI=1S/C12H21NS/c1-2-6-14-10(3-1)8-13-12-5-4-9-7-11(9)12/h9-13H,1-8H2/t9-,10?,11+,12?/m1/s1. The summed E-state index contributed by atoms with van der Waals surface area (Å²) in [7, 11) is 0. The second-order valence-corrected chi connectivity index (χ2v) is 6.65. The molecule has 3 aliphatic rings. The largest absolute Gasteiger partial charge is 0.313 e. The van der Waals surface area contributed by atoms with Gasteiger partial charge in [-0.15, -0.1) is 0 Å². The lowest BCUT2D eigenvalue weighted by atomic mass is 10.1. The molecule has 0 aromatic rings. The van der Waals surface area contributed by atoms with Gasteiger partial charge < -0.3 is 5.32 Å². The topological polar surface area (TPSA) is 12.0 Å². The van der Waals surface area contributed by atoms with Crippen molar-refractivity contribution in [1.82, 2.24) is 5.32 Å². The van der Waals surface area contributed by atoms with E-state index in [0.717, 1.165) is 23.1 Å². The van der Waals surface area contributed by atoms with Crippen molar-refractivity contribution in [3.8, 4) is 0 Å². The summed E-state index contributed by atoms with van der Waals surface area (Å²) in [5.74, 6) is 3.62. The first kappa shape index (κ1) is 9.53. The van der Waals surface area contributed by atoms with Crippen molar-refractivity contribution in [2.24, 2.45) is 11.8 Å². The van der Waals surface area contributed by atoms with E-state index in [4.69, 9.17) is 0 Å². The predicted molar refractivity (Wildman–Crippen MR) is 62.7 cm³/mol. The highest BCUT2D eigenvalue weighted by molar-refractivity contribution is 7.99. The number of fused-ring (bicyclic) bond motifs is 1. The lowest BCUT2D eigenvalue weighted by molar-refractivity contribution is 0.464. The van der Waals surface area contributed by atoms with Crippen molar-refractivity contribution < 1.29 is 0 Å². The van der Waals surface area contributed by atoms with Crippen LogP contribution in [0.5, 0.6) is 0 Å². The molecular formula is C12H21NS. The molecule has 0 aromatic carbocycles. The number of hydrogen-bond acceptors (Lipinski definition) is 2. The molecule has 80 valence electrons. The van der Waals surface area contributed by atoms with E-state index in [1.807, 2.05) is 0 Å². The van der Waals surface area contributed by atoms with Crippen LogP contribution in [-0.4, -0.2) is 23.6 Å². The summed E-state index contributed by atoms with van der Waals surface area (Å²) < 4.78 is 0. The Kier molecular flexibility index (Phi) is 2.76. The molecule has 0 amide bonds. The van der Waals surface area contributed by atoms with Gasteiger partial charge in [0, 0.05) is 17.8 Å². The fourth-order valence-corrected chi connectivity index (χ4v) is 4.46. The van der Waals surface area contributed by atoms with Gasteiger partial charge in [-0.05, 0) is 49.7 Å². The predicted octanol–water partition coefficient (Wildman–Crippen LogP) is 2.66. The fraction of sp³-hybridized carbons (Fsp3) is 1.00. The van der Waals surface area contributed by atoms with Crippen LogP contribution in [0.15, 0.2) is 0 Å². The lowest BCUT2D eigenvalue weighted by Gasteiger charge is -2.24. The van der Waals surface area contributed by atoms with Crippen LogP contribution in [0.25, 0.3) is 0 Å². The Hall–Kier alpha value is 0.310. The molecule has 2 aliphatic carbocycles. The molecule has 1 nitrogen and oxygen atoms in total. The van der Waals surface area contributed by atoms with E-state index in [1.165, 1.54) is 50.8 Å². The molecule has 1 aliphatic heterocycles. The molecular weight excluding hydrogens is 190 g/mol. The summed E-state index contributed by atoms with van der Waals surface area (Å²) in [4.78, 5) is 0. The molecule has 1 saturated heterocycles. The first-order chi connectivity index (χ1) is 6.93. The van der Waals surface area contributed by atoms with Crippen LogP contribution in [-0.2, 0) is 0 Å². The summed E-state index contributed by atoms with van der Waals surface area (Å²) in [6.07, 6.45) is 8.90. The monoisotopic (exact) mass is 211 g/mol. The number of hydrogen-bond donors (Lipinski definition) is 1. The minimum atomic E-state index is 0.905. The first-order valence-corrected chi connectivity index (χ1v) is 7.33. The van der Waals surface area contributed by atoms with Crippen molar-refractivity contribution in [2.75, 3.05) is 12.3 Å². The molecule has 3 rings (SSSR count). The van der Waals surface area contributed by atoms with E-state index in [2.05, 4.69) is 17.1 Å². The van der Waals surface area contributed by atoms with Gasteiger partial charge in [-0.1, -0.05) is 6.42 Å². The van der Waals surface area contributed by atoms with Crippen LogP contribution in [0.1, 0.15) is 38.5 Å². The van der Waals surface area contributed by atoms with Gasteiger partial charge in [0.15, 0.2) is 0 Å². The van der Waals surface area contributed by atoms with Crippen LogP contribution >= 0.6 is 11.8 Å². The van der Waals surface area contributed by atoms with Crippen molar-refractivity contribution in [3.05, 3.63) is 0 Å². The van der Waals surface area contributed by atoms with Gasteiger partial charge in [-0.2, -0.15) is 11.8 Å². The van der Waals surface area contributed by atoms with Gasteiger partial charge in [-0.25, -0.2) is 0 Å². The zero-order valence-electron chi connectivity index (χ0n) is 8.87. The Morgan fingerprint density at radius 2 is 2.14 bits per heavy atom. The maximum absolute atomic E-state index is 3.82. The summed E-state index contributed by atoms with van der Waals surface area (Å²) in [5.41, 5.74) is 0. The van der Waals surface area contributed by atoms with E-state index < -0.39 is 0 Å². The zero-order chi connectivity index (χ0) is 9.38. The number of thioether (sulfide) groups is 1. The third kappa shape index (κ3) is 1.96. The first-order valence-electron chi connectivity index (χ1n) is 6.28. The molecule has 0 spiro atoms. The average molecular weight is 211 g/mol. The molecule has 3 fully saturated rings. The van der Waals surface area contributed by atoms with Crippen LogP contribution in [0, 0.1) is 11.8 Å². The Bertz CT molecular complexity index is 200. The third-order valence-electron chi connectivity index (χ3n) is 4.22. The average Bonchev–Trinajstić information content (AvgIpc) is 2.92. The Labute approximate surface area is 91.4 Å². The van der Waals surface area contributed by atoms with Crippen LogP contribution in [0.4, 0.5) is 0 Å². The van der Waals surface area contributed by atoms with E-state index in [1.54, 1.807) is 0 Å². The third-order valence-corrected chi connectivity index (χ3v) is 5.62.